The van der Waals surface area contributed by atoms with Gasteiger partial charge in [-0.2, -0.15) is 0 Å². The van der Waals surface area contributed by atoms with Gasteiger partial charge in [0.05, 0.1) is 0 Å². The lowest BCUT2D eigenvalue weighted by Crippen LogP contribution is -2.58. The Labute approximate surface area is 80.2 Å². The zero-order valence-corrected chi connectivity index (χ0v) is 8.24. The molecule has 0 spiro atoms. The highest BCUT2D eigenvalue weighted by atomic mass is 16.5. The lowest BCUT2D eigenvalue weighted by Gasteiger charge is -2.50. The van der Waals surface area contributed by atoms with Crippen molar-refractivity contribution in [1.29, 1.82) is 0 Å². The highest BCUT2D eigenvalue weighted by molar-refractivity contribution is 4.99. The first kappa shape index (κ1) is 8.25. The fraction of sp³-hybridized carbons (Fsp3) is 1.00. The van der Waals surface area contributed by atoms with Gasteiger partial charge in [-0.1, -0.05) is 6.42 Å². The Hall–Kier alpha value is -0.0800. The van der Waals surface area contributed by atoms with Gasteiger partial charge in [-0.3, -0.25) is 4.90 Å². The number of nitrogens with zero attached hydrogens (tertiary/aromatic N) is 1. The van der Waals surface area contributed by atoms with Crippen LogP contribution in [-0.2, 0) is 4.74 Å². The van der Waals surface area contributed by atoms with E-state index in [1.807, 2.05) is 0 Å². The highest BCUT2D eigenvalue weighted by Crippen LogP contribution is 2.41. The van der Waals surface area contributed by atoms with Crippen LogP contribution in [0.4, 0.5) is 0 Å². The molecule has 2 atom stereocenters. The Balaban J connectivity index is 1.60. The van der Waals surface area contributed by atoms with Crippen LogP contribution in [0.5, 0.6) is 0 Å². The van der Waals surface area contributed by atoms with Crippen molar-refractivity contribution in [3.8, 4) is 0 Å². The van der Waals surface area contributed by atoms with Crippen LogP contribution in [0.1, 0.15) is 32.1 Å². The van der Waals surface area contributed by atoms with Crippen molar-refractivity contribution in [3.63, 3.8) is 0 Å². The summed E-state index contributed by atoms with van der Waals surface area (Å²) in [6, 6.07) is 1.84. The van der Waals surface area contributed by atoms with E-state index in [0.29, 0.717) is 0 Å². The van der Waals surface area contributed by atoms with E-state index in [2.05, 4.69) is 4.90 Å². The molecule has 13 heavy (non-hydrogen) atoms. The number of fused-ring (bicyclic) bond motifs is 1. The maximum atomic E-state index is 5.40. The molecule has 2 saturated heterocycles. The second-order valence-corrected chi connectivity index (χ2v) is 4.80. The first-order valence-corrected chi connectivity index (χ1v) is 5.78. The second kappa shape index (κ2) is 3.25. The predicted molar refractivity (Wildman–Crippen MR) is 51.7 cm³/mol. The molecule has 0 amide bonds. The molecule has 1 saturated carbocycles. The summed E-state index contributed by atoms with van der Waals surface area (Å²) >= 11 is 0. The lowest BCUT2D eigenvalue weighted by molar-refractivity contribution is -0.0485. The van der Waals surface area contributed by atoms with E-state index in [0.717, 1.165) is 31.2 Å². The Morgan fingerprint density at radius 1 is 1.00 bits per heavy atom. The molecule has 2 aliphatic heterocycles. The Bertz CT molecular complexity index is 189. The van der Waals surface area contributed by atoms with Crippen LogP contribution in [0.3, 0.4) is 0 Å². The predicted octanol–water partition coefficient (Wildman–Crippen LogP) is 1.65. The van der Waals surface area contributed by atoms with Gasteiger partial charge in [0.15, 0.2) is 0 Å². The van der Waals surface area contributed by atoms with E-state index < -0.39 is 0 Å². The first-order chi connectivity index (χ1) is 6.45. The van der Waals surface area contributed by atoms with Gasteiger partial charge in [0, 0.05) is 31.8 Å². The third-order valence-corrected chi connectivity index (χ3v) is 4.15. The largest absolute Gasteiger partial charge is 0.381 e. The van der Waals surface area contributed by atoms with Crippen LogP contribution < -0.4 is 0 Å². The molecule has 2 nitrogen and oxygen atoms in total. The minimum Gasteiger partial charge on any atom is -0.381 e. The number of likely N-dealkylation sites (tertiary alicyclic amines) is 1. The standard InChI is InChI=1S/C11H19NO/c1-2-9-8-12(11(9)3-1)10-4-6-13-7-5-10/h9-11H,1-8H2. The van der Waals surface area contributed by atoms with Gasteiger partial charge in [0.25, 0.3) is 0 Å². The van der Waals surface area contributed by atoms with Crippen molar-refractivity contribution < 1.29 is 4.74 Å². The van der Waals surface area contributed by atoms with Crippen LogP contribution in [0.15, 0.2) is 0 Å². The van der Waals surface area contributed by atoms with Crippen LogP contribution in [-0.4, -0.2) is 36.7 Å². The normalized spacial score (nSPS) is 41.5. The molecule has 0 radical (unpaired) electrons. The topological polar surface area (TPSA) is 12.5 Å². The molecule has 74 valence electrons. The minimum atomic E-state index is 0.869. The van der Waals surface area contributed by atoms with Gasteiger partial charge in [-0.15, -0.1) is 0 Å². The average molecular weight is 181 g/mol. The van der Waals surface area contributed by atoms with Gasteiger partial charge in [0.1, 0.15) is 0 Å². The van der Waals surface area contributed by atoms with E-state index in [1.54, 1.807) is 0 Å². The summed E-state index contributed by atoms with van der Waals surface area (Å²) < 4.78 is 5.40. The average Bonchev–Trinajstić information content (AvgIpc) is 2.50. The zero-order chi connectivity index (χ0) is 8.67. The fourth-order valence-corrected chi connectivity index (χ4v) is 3.37. The molecule has 0 aromatic heterocycles. The third-order valence-electron chi connectivity index (χ3n) is 4.15. The molecular weight excluding hydrogens is 162 g/mol. The molecule has 3 rings (SSSR count). The third kappa shape index (κ3) is 1.31. The summed E-state index contributed by atoms with van der Waals surface area (Å²) in [5, 5.41) is 0. The molecule has 0 N–H and O–H groups in total. The van der Waals surface area contributed by atoms with E-state index in [9.17, 15) is 0 Å². The van der Waals surface area contributed by atoms with Gasteiger partial charge in [0.2, 0.25) is 0 Å². The van der Waals surface area contributed by atoms with Crippen LogP contribution in [0.25, 0.3) is 0 Å². The molecule has 0 bridgehead atoms. The molecule has 0 aromatic carbocycles. The number of ether oxygens (including phenoxy) is 1. The van der Waals surface area contributed by atoms with Crippen LogP contribution in [0, 0.1) is 5.92 Å². The Morgan fingerprint density at radius 2 is 1.85 bits per heavy atom. The van der Waals surface area contributed by atoms with Crippen LogP contribution in [0.2, 0.25) is 0 Å². The van der Waals surface area contributed by atoms with Crippen molar-refractivity contribution in [2.45, 2.75) is 44.2 Å². The minimum absolute atomic E-state index is 0.869. The Morgan fingerprint density at radius 3 is 2.62 bits per heavy atom. The van der Waals surface area contributed by atoms with Gasteiger partial charge >= 0.3 is 0 Å². The van der Waals surface area contributed by atoms with Crippen LogP contribution >= 0.6 is 0 Å². The molecule has 3 fully saturated rings. The quantitative estimate of drug-likeness (QED) is 0.610. The summed E-state index contributed by atoms with van der Waals surface area (Å²) in [5.41, 5.74) is 0. The molecule has 2 heteroatoms. The summed E-state index contributed by atoms with van der Waals surface area (Å²) in [4.78, 5) is 2.76. The molecule has 3 aliphatic rings. The second-order valence-electron chi connectivity index (χ2n) is 4.80. The van der Waals surface area contributed by atoms with Crippen molar-refractivity contribution in [2.24, 2.45) is 5.92 Å². The molecular formula is C11H19NO. The van der Waals surface area contributed by atoms with Gasteiger partial charge in [-0.05, 0) is 31.6 Å². The van der Waals surface area contributed by atoms with Gasteiger partial charge in [-0.25, -0.2) is 0 Å². The maximum absolute atomic E-state index is 5.40. The van der Waals surface area contributed by atoms with E-state index in [-0.39, 0.29) is 0 Å². The summed E-state index contributed by atoms with van der Waals surface area (Å²) in [6.45, 7) is 3.40. The first-order valence-electron chi connectivity index (χ1n) is 5.78. The van der Waals surface area contributed by atoms with Crippen molar-refractivity contribution in [2.75, 3.05) is 19.8 Å². The molecule has 0 aromatic rings. The Kier molecular flexibility index (Phi) is 2.06. The monoisotopic (exact) mass is 181 g/mol. The van der Waals surface area contributed by atoms with E-state index in [4.69, 9.17) is 4.74 Å². The maximum Gasteiger partial charge on any atom is 0.0480 e. The SMILES string of the molecule is C1CC2CN(C3CCOCC3)C2C1. The van der Waals surface area contributed by atoms with Gasteiger partial charge < -0.3 is 4.74 Å². The summed E-state index contributed by atoms with van der Waals surface area (Å²) in [7, 11) is 0. The fourth-order valence-electron chi connectivity index (χ4n) is 3.37. The summed E-state index contributed by atoms with van der Waals surface area (Å²) in [6.07, 6.45) is 7.02. The van der Waals surface area contributed by atoms with Crippen molar-refractivity contribution in [1.82, 2.24) is 4.90 Å². The van der Waals surface area contributed by atoms with E-state index >= 15 is 0 Å². The number of hydrogen-bond acceptors (Lipinski definition) is 2. The number of hydrogen-bond donors (Lipinski definition) is 0. The number of rotatable bonds is 1. The lowest BCUT2D eigenvalue weighted by atomic mass is 9.88. The molecule has 2 heterocycles. The zero-order valence-electron chi connectivity index (χ0n) is 8.24. The van der Waals surface area contributed by atoms with Crippen molar-refractivity contribution in [3.05, 3.63) is 0 Å². The highest BCUT2D eigenvalue weighted by Gasteiger charge is 2.44. The molecule has 2 unspecified atom stereocenters. The van der Waals surface area contributed by atoms with E-state index in [1.165, 1.54) is 38.6 Å². The van der Waals surface area contributed by atoms with Crippen molar-refractivity contribution >= 4 is 0 Å². The summed E-state index contributed by atoms with van der Waals surface area (Å²) in [5.74, 6) is 1.07. The molecule has 1 aliphatic carbocycles. The smallest absolute Gasteiger partial charge is 0.0480 e.